The number of nitrogens with zero attached hydrogens (tertiary/aromatic N) is 1. The summed E-state index contributed by atoms with van der Waals surface area (Å²) in [6.45, 7) is 0.205. The van der Waals surface area contributed by atoms with Gasteiger partial charge in [0.1, 0.15) is 11.3 Å². The van der Waals surface area contributed by atoms with Crippen LogP contribution in [-0.2, 0) is 10.9 Å². The Kier molecular flexibility index (Phi) is 3.79. The third-order valence-electron chi connectivity index (χ3n) is 4.01. The summed E-state index contributed by atoms with van der Waals surface area (Å²) >= 11 is 0. The number of aromatic hydroxyl groups is 1. The number of nitrogens with one attached hydrogen (secondary N) is 1. The molecular formula is C18H11F3N2O4. The molecule has 2 heterocycles. The number of benzene rings is 2. The molecule has 0 bridgehead atoms. The van der Waals surface area contributed by atoms with E-state index in [4.69, 9.17) is 9.15 Å². The average Bonchev–Trinajstić information content (AvgIpc) is 3.15. The second kappa shape index (κ2) is 6.04. The molecule has 0 aliphatic carbocycles. The highest BCUT2D eigenvalue weighted by Gasteiger charge is 2.39. The lowest BCUT2D eigenvalue weighted by atomic mass is 10.0. The van der Waals surface area contributed by atoms with E-state index in [9.17, 15) is 23.1 Å². The Labute approximate surface area is 149 Å². The molecule has 0 unspecified atom stereocenters. The van der Waals surface area contributed by atoms with E-state index in [0.717, 1.165) is 6.07 Å². The third-order valence-corrected chi connectivity index (χ3v) is 4.01. The van der Waals surface area contributed by atoms with E-state index in [1.165, 1.54) is 36.4 Å². The van der Waals surface area contributed by atoms with Gasteiger partial charge in [-0.25, -0.2) is 0 Å². The molecule has 2 N–H and O–H groups in total. The zero-order chi connectivity index (χ0) is 19.2. The molecule has 2 aromatic carbocycles. The van der Waals surface area contributed by atoms with Crippen LogP contribution in [0.1, 0.15) is 11.3 Å². The van der Waals surface area contributed by atoms with Crippen LogP contribution in [-0.4, -0.2) is 17.7 Å². The molecule has 1 aliphatic rings. The first-order valence-corrected chi connectivity index (χ1v) is 7.76. The van der Waals surface area contributed by atoms with E-state index < -0.39 is 22.9 Å². The molecule has 0 radical (unpaired) electrons. The number of ether oxygens (including phenoxy) is 1. The first-order valence-electron chi connectivity index (χ1n) is 7.76. The summed E-state index contributed by atoms with van der Waals surface area (Å²) in [4.78, 5) is 12.7. The van der Waals surface area contributed by atoms with Crippen LogP contribution in [0.4, 0.5) is 13.2 Å². The highest BCUT2D eigenvalue weighted by atomic mass is 19.4. The summed E-state index contributed by atoms with van der Waals surface area (Å²) in [5.74, 6) is -1.42. The van der Waals surface area contributed by atoms with Gasteiger partial charge in [0, 0.05) is 11.6 Å². The number of phenolic OH excluding ortho intramolecular Hbond substituents is 1. The van der Waals surface area contributed by atoms with Crippen molar-refractivity contribution < 1.29 is 27.4 Å². The normalized spacial score (nSPS) is 14.0. The molecule has 0 amide bonds. The number of alkyl halides is 3. The molecular weight excluding hydrogens is 365 g/mol. The van der Waals surface area contributed by atoms with Gasteiger partial charge >= 0.3 is 6.18 Å². The SMILES string of the molecule is O=c1c(-c2ccc(C3=NNCO3)cc2)c(C(F)(F)F)oc2cc(O)ccc12. The van der Waals surface area contributed by atoms with Gasteiger partial charge in [-0.1, -0.05) is 12.1 Å². The van der Waals surface area contributed by atoms with Gasteiger partial charge in [-0.3, -0.25) is 10.2 Å². The Morgan fingerprint density at radius 3 is 2.41 bits per heavy atom. The smallest absolute Gasteiger partial charge is 0.450 e. The minimum atomic E-state index is -4.89. The van der Waals surface area contributed by atoms with Crippen LogP contribution >= 0.6 is 0 Å². The van der Waals surface area contributed by atoms with Gasteiger partial charge in [-0.05, 0) is 29.8 Å². The van der Waals surface area contributed by atoms with Gasteiger partial charge in [-0.15, -0.1) is 5.10 Å². The molecule has 0 atom stereocenters. The largest absolute Gasteiger partial charge is 0.508 e. The molecule has 138 valence electrons. The zero-order valence-corrected chi connectivity index (χ0v) is 13.5. The fraction of sp³-hybridized carbons (Fsp3) is 0.111. The van der Waals surface area contributed by atoms with Gasteiger partial charge in [0.25, 0.3) is 0 Å². The molecule has 3 aromatic rings. The fourth-order valence-corrected chi connectivity index (χ4v) is 2.81. The topological polar surface area (TPSA) is 84.1 Å². The van der Waals surface area contributed by atoms with Crippen molar-refractivity contribution in [2.24, 2.45) is 5.10 Å². The predicted molar refractivity (Wildman–Crippen MR) is 90.2 cm³/mol. The molecule has 0 saturated heterocycles. The fourth-order valence-electron chi connectivity index (χ4n) is 2.81. The van der Waals surface area contributed by atoms with E-state index in [-0.39, 0.29) is 29.0 Å². The van der Waals surface area contributed by atoms with Crippen molar-refractivity contribution in [3.8, 4) is 16.9 Å². The standard InChI is InChI=1S/C18H11F3N2O4/c19-18(20,21)16-14(15(25)12-6-5-11(24)7-13(12)27-16)9-1-3-10(4-2-9)17-23-22-8-26-17/h1-7,22,24H,8H2. The van der Waals surface area contributed by atoms with Crippen LogP contribution < -0.4 is 10.9 Å². The number of halogens is 3. The van der Waals surface area contributed by atoms with E-state index >= 15 is 0 Å². The Balaban J connectivity index is 1.93. The Bertz CT molecular complexity index is 1120. The monoisotopic (exact) mass is 376 g/mol. The summed E-state index contributed by atoms with van der Waals surface area (Å²) in [5, 5.41) is 13.3. The maximum Gasteiger partial charge on any atom is 0.450 e. The average molecular weight is 376 g/mol. The Morgan fingerprint density at radius 2 is 1.78 bits per heavy atom. The van der Waals surface area contributed by atoms with Crippen molar-refractivity contribution in [3.63, 3.8) is 0 Å². The van der Waals surface area contributed by atoms with Crippen LogP contribution in [0.25, 0.3) is 22.1 Å². The number of phenols is 1. The molecule has 0 fully saturated rings. The van der Waals surface area contributed by atoms with Crippen LogP contribution in [0.3, 0.4) is 0 Å². The number of hydrogen-bond donors (Lipinski definition) is 2. The number of hydrazone groups is 1. The van der Waals surface area contributed by atoms with Crippen molar-refractivity contribution in [1.82, 2.24) is 5.43 Å². The van der Waals surface area contributed by atoms with Gasteiger partial charge < -0.3 is 14.3 Å². The number of hydrogen-bond acceptors (Lipinski definition) is 6. The molecule has 6 nitrogen and oxygen atoms in total. The quantitative estimate of drug-likeness (QED) is 0.716. The van der Waals surface area contributed by atoms with Crippen molar-refractivity contribution in [3.05, 3.63) is 64.0 Å². The molecule has 4 rings (SSSR count). The summed E-state index contributed by atoms with van der Waals surface area (Å²) in [5.41, 5.74) is 1.42. The number of fused-ring (bicyclic) bond motifs is 1. The van der Waals surface area contributed by atoms with E-state index in [2.05, 4.69) is 10.5 Å². The van der Waals surface area contributed by atoms with Crippen LogP contribution in [0.15, 0.2) is 56.8 Å². The molecule has 0 spiro atoms. The molecule has 1 aromatic heterocycles. The molecule has 0 saturated carbocycles. The first kappa shape index (κ1) is 17.0. The van der Waals surface area contributed by atoms with Crippen LogP contribution in [0.5, 0.6) is 5.75 Å². The molecule has 9 heteroatoms. The Hall–Kier alpha value is -3.49. The van der Waals surface area contributed by atoms with Gasteiger partial charge in [-0.2, -0.15) is 13.2 Å². The summed E-state index contributed by atoms with van der Waals surface area (Å²) in [6.07, 6.45) is -4.89. The van der Waals surface area contributed by atoms with Crippen molar-refractivity contribution >= 4 is 16.9 Å². The minimum Gasteiger partial charge on any atom is -0.508 e. The third kappa shape index (κ3) is 2.97. The second-order valence-electron chi connectivity index (χ2n) is 5.75. The first-order chi connectivity index (χ1) is 12.8. The summed E-state index contributed by atoms with van der Waals surface area (Å²) in [7, 11) is 0. The maximum absolute atomic E-state index is 13.5. The van der Waals surface area contributed by atoms with E-state index in [1.54, 1.807) is 0 Å². The molecule has 1 aliphatic heterocycles. The van der Waals surface area contributed by atoms with Crippen LogP contribution in [0.2, 0.25) is 0 Å². The highest BCUT2D eigenvalue weighted by Crippen LogP contribution is 2.37. The summed E-state index contributed by atoms with van der Waals surface area (Å²) < 4.78 is 50.7. The summed E-state index contributed by atoms with van der Waals surface area (Å²) in [6, 6.07) is 9.15. The predicted octanol–water partition coefficient (Wildman–Crippen LogP) is 3.42. The van der Waals surface area contributed by atoms with Crippen molar-refractivity contribution in [2.75, 3.05) is 6.73 Å². The van der Waals surface area contributed by atoms with Gasteiger partial charge in [0.2, 0.25) is 17.1 Å². The van der Waals surface area contributed by atoms with Gasteiger partial charge in [0.15, 0.2) is 6.73 Å². The van der Waals surface area contributed by atoms with Crippen LogP contribution in [0, 0.1) is 0 Å². The lowest BCUT2D eigenvalue weighted by Gasteiger charge is -2.13. The molecule has 27 heavy (non-hydrogen) atoms. The van der Waals surface area contributed by atoms with Crippen molar-refractivity contribution in [2.45, 2.75) is 6.18 Å². The number of rotatable bonds is 2. The lowest BCUT2D eigenvalue weighted by Crippen LogP contribution is -2.16. The lowest BCUT2D eigenvalue weighted by molar-refractivity contribution is -0.152. The van der Waals surface area contributed by atoms with Crippen molar-refractivity contribution in [1.29, 1.82) is 0 Å². The van der Waals surface area contributed by atoms with E-state index in [0.29, 0.717) is 11.5 Å². The minimum absolute atomic E-state index is 0.0429. The highest BCUT2D eigenvalue weighted by molar-refractivity contribution is 5.95. The maximum atomic E-state index is 13.5. The zero-order valence-electron chi connectivity index (χ0n) is 13.5. The van der Waals surface area contributed by atoms with E-state index in [1.807, 2.05) is 0 Å². The van der Waals surface area contributed by atoms with Gasteiger partial charge in [0.05, 0.1) is 10.9 Å². The second-order valence-corrected chi connectivity index (χ2v) is 5.75. The Morgan fingerprint density at radius 1 is 1.07 bits per heavy atom.